The summed E-state index contributed by atoms with van der Waals surface area (Å²) < 4.78 is 3.03. The van der Waals surface area contributed by atoms with Crippen molar-refractivity contribution in [1.82, 2.24) is 9.55 Å². The van der Waals surface area contributed by atoms with E-state index in [1.807, 2.05) is 6.07 Å². The zero-order valence-electron chi connectivity index (χ0n) is 10.9. The molecule has 1 N–H and O–H groups in total. The van der Waals surface area contributed by atoms with Gasteiger partial charge in [0.1, 0.15) is 0 Å². The summed E-state index contributed by atoms with van der Waals surface area (Å²) in [4.78, 5) is 3.27. The van der Waals surface area contributed by atoms with E-state index in [2.05, 4.69) is 55.4 Å². The van der Waals surface area contributed by atoms with Crippen molar-refractivity contribution < 1.29 is 0 Å². The fraction of sp³-hybridized carbons (Fsp3) is 0.500. The maximum Gasteiger partial charge on any atom is 0.178 e. The molecule has 0 unspecified atom stereocenters. The maximum absolute atomic E-state index is 5.41. The molecule has 2 aromatic rings. The summed E-state index contributed by atoms with van der Waals surface area (Å²) in [5, 5.41) is 0. The van der Waals surface area contributed by atoms with E-state index in [9.17, 15) is 0 Å². The highest BCUT2D eigenvalue weighted by molar-refractivity contribution is 7.71. The Labute approximate surface area is 108 Å². The number of rotatable bonds is 3. The highest BCUT2D eigenvalue weighted by Crippen LogP contribution is 2.29. The Balaban J connectivity index is 2.49. The highest BCUT2D eigenvalue weighted by atomic mass is 32.1. The Morgan fingerprint density at radius 3 is 2.59 bits per heavy atom. The number of H-pyrrole nitrogens is 1. The Morgan fingerprint density at radius 2 is 1.94 bits per heavy atom. The number of aromatic nitrogens is 2. The minimum atomic E-state index is 0.239. The molecule has 3 heteroatoms. The fourth-order valence-corrected chi connectivity index (χ4v) is 2.13. The van der Waals surface area contributed by atoms with Crippen LogP contribution >= 0.6 is 12.2 Å². The normalized spacial score (nSPS) is 12.5. The number of hydrogen-bond acceptors (Lipinski definition) is 1. The van der Waals surface area contributed by atoms with Gasteiger partial charge in [0.2, 0.25) is 0 Å². The van der Waals surface area contributed by atoms with Crippen LogP contribution in [0.3, 0.4) is 0 Å². The number of hydrogen-bond donors (Lipinski definition) is 1. The third-order valence-corrected chi connectivity index (χ3v) is 4.13. The Kier molecular flexibility index (Phi) is 3.13. The summed E-state index contributed by atoms with van der Waals surface area (Å²) in [6, 6.07) is 8.29. The van der Waals surface area contributed by atoms with Crippen LogP contribution in [0.2, 0.25) is 0 Å². The summed E-state index contributed by atoms with van der Waals surface area (Å²) in [5.41, 5.74) is 2.56. The molecule has 17 heavy (non-hydrogen) atoms. The first-order valence-corrected chi connectivity index (χ1v) is 6.50. The molecule has 0 saturated heterocycles. The van der Waals surface area contributed by atoms with Crippen LogP contribution in [0.15, 0.2) is 24.3 Å². The van der Waals surface area contributed by atoms with Crippen LogP contribution in [-0.4, -0.2) is 9.55 Å². The fourth-order valence-electron chi connectivity index (χ4n) is 1.85. The molecule has 0 saturated carbocycles. The van der Waals surface area contributed by atoms with E-state index in [-0.39, 0.29) is 5.41 Å². The predicted molar refractivity (Wildman–Crippen MR) is 75.7 cm³/mol. The van der Waals surface area contributed by atoms with Crippen LogP contribution in [0.5, 0.6) is 0 Å². The molecule has 0 aliphatic rings. The number of aromatic amines is 1. The third kappa shape index (κ3) is 2.29. The quantitative estimate of drug-likeness (QED) is 0.799. The molecule has 2 nitrogen and oxygen atoms in total. The van der Waals surface area contributed by atoms with E-state index in [0.29, 0.717) is 5.92 Å². The third-order valence-electron chi connectivity index (χ3n) is 3.81. The van der Waals surface area contributed by atoms with Crippen molar-refractivity contribution in [3.8, 4) is 0 Å². The van der Waals surface area contributed by atoms with Crippen LogP contribution in [-0.2, 0) is 6.54 Å². The van der Waals surface area contributed by atoms with Gasteiger partial charge in [-0.25, -0.2) is 0 Å². The van der Waals surface area contributed by atoms with Crippen molar-refractivity contribution in [2.75, 3.05) is 0 Å². The summed E-state index contributed by atoms with van der Waals surface area (Å²) in [5.74, 6) is 0.623. The topological polar surface area (TPSA) is 20.7 Å². The average Bonchev–Trinajstić information content (AvgIpc) is 2.55. The lowest BCUT2D eigenvalue weighted by Gasteiger charge is -2.29. The summed E-state index contributed by atoms with van der Waals surface area (Å²) in [7, 11) is 0. The van der Waals surface area contributed by atoms with Gasteiger partial charge in [-0.05, 0) is 35.7 Å². The molecule has 0 atom stereocenters. The van der Waals surface area contributed by atoms with Gasteiger partial charge in [-0.3, -0.25) is 0 Å². The standard InChI is InChI=1S/C14H20N2S/c1-10(2)14(3,4)9-16-12-8-6-5-7-11(12)15-13(16)17/h5-8,10H,9H2,1-4H3,(H,15,17). The molecule has 2 rings (SSSR count). The van der Waals surface area contributed by atoms with Gasteiger partial charge >= 0.3 is 0 Å². The van der Waals surface area contributed by atoms with E-state index in [1.54, 1.807) is 0 Å². The lowest BCUT2D eigenvalue weighted by molar-refractivity contribution is 0.212. The second-order valence-electron chi connectivity index (χ2n) is 5.68. The molecule has 0 radical (unpaired) electrons. The Hall–Kier alpha value is -1.09. The summed E-state index contributed by atoms with van der Waals surface area (Å²) in [6.07, 6.45) is 0. The Bertz CT molecular complexity index is 575. The summed E-state index contributed by atoms with van der Waals surface area (Å²) in [6.45, 7) is 10.1. The van der Waals surface area contributed by atoms with Crippen LogP contribution in [0.25, 0.3) is 11.0 Å². The van der Waals surface area contributed by atoms with Gasteiger partial charge in [0.15, 0.2) is 4.77 Å². The number of imidazole rings is 1. The van der Waals surface area contributed by atoms with Crippen molar-refractivity contribution in [2.24, 2.45) is 11.3 Å². The van der Waals surface area contributed by atoms with Crippen molar-refractivity contribution in [2.45, 2.75) is 34.2 Å². The molecular formula is C14H20N2S. The second-order valence-corrected chi connectivity index (χ2v) is 6.06. The molecule has 0 aliphatic heterocycles. The van der Waals surface area contributed by atoms with Gasteiger partial charge in [0, 0.05) is 6.54 Å². The van der Waals surface area contributed by atoms with E-state index in [4.69, 9.17) is 12.2 Å². The lowest BCUT2D eigenvalue weighted by Crippen LogP contribution is -2.25. The number of benzene rings is 1. The predicted octanol–water partition coefficient (Wildman–Crippen LogP) is 4.38. The minimum absolute atomic E-state index is 0.239. The first-order chi connectivity index (χ1) is 7.92. The van der Waals surface area contributed by atoms with Gasteiger partial charge in [-0.2, -0.15) is 0 Å². The van der Waals surface area contributed by atoms with Gasteiger partial charge in [0.25, 0.3) is 0 Å². The van der Waals surface area contributed by atoms with Crippen LogP contribution in [0.4, 0.5) is 0 Å². The van der Waals surface area contributed by atoms with Gasteiger partial charge in [-0.15, -0.1) is 0 Å². The van der Waals surface area contributed by atoms with Gasteiger partial charge in [-0.1, -0.05) is 39.8 Å². The van der Waals surface area contributed by atoms with Crippen molar-refractivity contribution in [3.63, 3.8) is 0 Å². The molecule has 0 bridgehead atoms. The minimum Gasteiger partial charge on any atom is -0.331 e. The monoisotopic (exact) mass is 248 g/mol. The average molecular weight is 248 g/mol. The van der Waals surface area contributed by atoms with Gasteiger partial charge in [0.05, 0.1) is 11.0 Å². The van der Waals surface area contributed by atoms with Crippen molar-refractivity contribution >= 4 is 23.3 Å². The number of nitrogens with one attached hydrogen (secondary N) is 1. The molecule has 92 valence electrons. The first-order valence-electron chi connectivity index (χ1n) is 6.09. The Morgan fingerprint density at radius 1 is 1.29 bits per heavy atom. The van der Waals surface area contributed by atoms with E-state index >= 15 is 0 Å². The second kappa shape index (κ2) is 4.30. The van der Waals surface area contributed by atoms with E-state index < -0.39 is 0 Å². The first kappa shape index (κ1) is 12.4. The number of para-hydroxylation sites is 2. The molecule has 0 spiro atoms. The SMILES string of the molecule is CC(C)C(C)(C)Cn1c(=S)[nH]c2ccccc21. The van der Waals surface area contributed by atoms with E-state index in [0.717, 1.165) is 16.8 Å². The number of fused-ring (bicyclic) bond motifs is 1. The largest absolute Gasteiger partial charge is 0.331 e. The molecule has 1 heterocycles. The van der Waals surface area contributed by atoms with E-state index in [1.165, 1.54) is 5.52 Å². The molecule has 0 fully saturated rings. The molecule has 1 aromatic heterocycles. The van der Waals surface area contributed by atoms with Gasteiger partial charge < -0.3 is 9.55 Å². The zero-order valence-corrected chi connectivity index (χ0v) is 11.8. The molecular weight excluding hydrogens is 228 g/mol. The zero-order chi connectivity index (χ0) is 12.6. The molecule has 0 amide bonds. The van der Waals surface area contributed by atoms with Crippen LogP contribution in [0, 0.1) is 16.1 Å². The van der Waals surface area contributed by atoms with Crippen molar-refractivity contribution in [1.29, 1.82) is 0 Å². The van der Waals surface area contributed by atoms with Crippen LogP contribution in [0.1, 0.15) is 27.7 Å². The maximum atomic E-state index is 5.41. The molecule has 1 aromatic carbocycles. The molecule has 0 aliphatic carbocycles. The van der Waals surface area contributed by atoms with Crippen molar-refractivity contribution in [3.05, 3.63) is 29.0 Å². The smallest absolute Gasteiger partial charge is 0.178 e. The highest BCUT2D eigenvalue weighted by Gasteiger charge is 2.23. The summed E-state index contributed by atoms with van der Waals surface area (Å²) >= 11 is 5.41. The number of nitrogens with zero attached hydrogens (tertiary/aromatic N) is 1. The van der Waals surface area contributed by atoms with Crippen LogP contribution < -0.4 is 0 Å². The lowest BCUT2D eigenvalue weighted by atomic mass is 9.81.